The SMILES string of the molecule is CCNC(C)CCc1ccc(OC2CCC(C)CC2)cc1. The van der Waals surface area contributed by atoms with Crippen molar-refractivity contribution in [2.24, 2.45) is 5.92 Å². The van der Waals surface area contributed by atoms with Gasteiger partial charge in [0, 0.05) is 6.04 Å². The molecular weight excluding hydrogens is 258 g/mol. The summed E-state index contributed by atoms with van der Waals surface area (Å²) in [6, 6.07) is 9.32. The number of hydrogen-bond donors (Lipinski definition) is 1. The first kappa shape index (κ1) is 16.4. The first-order valence-electron chi connectivity index (χ1n) is 8.66. The molecule has 1 atom stereocenters. The van der Waals surface area contributed by atoms with Crippen molar-refractivity contribution in [2.45, 2.75) is 71.4 Å². The summed E-state index contributed by atoms with van der Waals surface area (Å²) in [7, 11) is 0. The van der Waals surface area contributed by atoms with Crippen LogP contribution in [0.2, 0.25) is 0 Å². The van der Waals surface area contributed by atoms with Crippen molar-refractivity contribution in [3.8, 4) is 5.75 Å². The van der Waals surface area contributed by atoms with E-state index in [2.05, 4.69) is 50.4 Å². The van der Waals surface area contributed by atoms with E-state index >= 15 is 0 Å². The molecule has 2 heteroatoms. The molecule has 0 bridgehead atoms. The Bertz CT molecular complexity index is 393. The lowest BCUT2D eigenvalue weighted by atomic mass is 9.89. The van der Waals surface area contributed by atoms with Crippen LogP contribution >= 0.6 is 0 Å². The summed E-state index contributed by atoms with van der Waals surface area (Å²) >= 11 is 0. The number of nitrogens with one attached hydrogen (secondary N) is 1. The summed E-state index contributed by atoms with van der Waals surface area (Å²) in [6.07, 6.45) is 7.80. The molecule has 1 N–H and O–H groups in total. The predicted molar refractivity (Wildman–Crippen MR) is 89.9 cm³/mol. The lowest BCUT2D eigenvalue weighted by Crippen LogP contribution is -2.25. The summed E-state index contributed by atoms with van der Waals surface area (Å²) < 4.78 is 6.11. The van der Waals surface area contributed by atoms with Gasteiger partial charge in [0.1, 0.15) is 5.75 Å². The van der Waals surface area contributed by atoms with E-state index in [1.165, 1.54) is 37.7 Å². The van der Waals surface area contributed by atoms with E-state index in [9.17, 15) is 0 Å². The highest BCUT2D eigenvalue weighted by atomic mass is 16.5. The molecule has 1 aromatic carbocycles. The van der Waals surface area contributed by atoms with Crippen LogP contribution in [0.4, 0.5) is 0 Å². The second-order valence-corrected chi connectivity index (χ2v) is 6.64. The van der Waals surface area contributed by atoms with Crippen LogP contribution in [0.3, 0.4) is 0 Å². The van der Waals surface area contributed by atoms with Crippen molar-refractivity contribution in [1.82, 2.24) is 5.32 Å². The summed E-state index contributed by atoms with van der Waals surface area (Å²) in [5, 5.41) is 3.46. The molecule has 1 aromatic rings. The fourth-order valence-corrected chi connectivity index (χ4v) is 3.11. The summed E-state index contributed by atoms with van der Waals surface area (Å²) in [4.78, 5) is 0. The van der Waals surface area contributed by atoms with Gasteiger partial charge in [0.25, 0.3) is 0 Å². The monoisotopic (exact) mass is 289 g/mol. The Balaban J connectivity index is 1.76. The van der Waals surface area contributed by atoms with Crippen molar-refractivity contribution in [3.05, 3.63) is 29.8 Å². The Morgan fingerprint density at radius 2 is 1.81 bits per heavy atom. The molecule has 1 saturated carbocycles. The van der Waals surface area contributed by atoms with E-state index in [1.807, 2.05) is 0 Å². The molecule has 0 saturated heterocycles. The molecule has 118 valence electrons. The molecule has 2 rings (SSSR count). The van der Waals surface area contributed by atoms with E-state index in [1.54, 1.807) is 0 Å². The van der Waals surface area contributed by atoms with E-state index in [4.69, 9.17) is 4.74 Å². The second kappa shape index (κ2) is 8.43. The maximum atomic E-state index is 6.11. The number of rotatable bonds is 7. The third-order valence-corrected chi connectivity index (χ3v) is 4.61. The molecule has 2 nitrogen and oxygen atoms in total. The summed E-state index contributed by atoms with van der Waals surface area (Å²) in [5.41, 5.74) is 1.41. The van der Waals surface area contributed by atoms with Crippen molar-refractivity contribution in [1.29, 1.82) is 0 Å². The predicted octanol–water partition coefficient (Wildman–Crippen LogP) is 4.57. The summed E-state index contributed by atoms with van der Waals surface area (Å²) in [5.74, 6) is 1.92. The Kier molecular flexibility index (Phi) is 6.56. The minimum absolute atomic E-state index is 0.431. The fraction of sp³-hybridized carbons (Fsp3) is 0.684. The van der Waals surface area contributed by atoms with Gasteiger partial charge in [-0.05, 0) is 75.6 Å². The Morgan fingerprint density at radius 3 is 2.43 bits per heavy atom. The lowest BCUT2D eigenvalue weighted by Gasteiger charge is -2.26. The molecule has 0 aromatic heterocycles. The highest BCUT2D eigenvalue weighted by Crippen LogP contribution is 2.27. The fourth-order valence-electron chi connectivity index (χ4n) is 3.11. The largest absolute Gasteiger partial charge is 0.490 e. The quantitative estimate of drug-likeness (QED) is 0.793. The van der Waals surface area contributed by atoms with Gasteiger partial charge < -0.3 is 10.1 Å². The molecule has 21 heavy (non-hydrogen) atoms. The zero-order valence-corrected chi connectivity index (χ0v) is 13.9. The van der Waals surface area contributed by atoms with Gasteiger partial charge in [-0.15, -0.1) is 0 Å². The van der Waals surface area contributed by atoms with Crippen LogP contribution in [-0.4, -0.2) is 18.7 Å². The molecule has 0 heterocycles. The standard InChI is InChI=1S/C19H31NO/c1-4-20-16(3)7-8-17-9-13-19(14-10-17)21-18-11-5-15(2)6-12-18/h9-10,13-16,18,20H,4-8,11-12H2,1-3H3. The zero-order valence-electron chi connectivity index (χ0n) is 13.9. The molecule has 1 unspecified atom stereocenters. The number of benzene rings is 1. The van der Waals surface area contributed by atoms with E-state index in [0.717, 1.165) is 24.6 Å². The van der Waals surface area contributed by atoms with Crippen LogP contribution in [0, 0.1) is 5.92 Å². The Hall–Kier alpha value is -1.02. The normalized spacial score (nSPS) is 23.8. The van der Waals surface area contributed by atoms with Crippen molar-refractivity contribution < 1.29 is 4.74 Å². The minimum atomic E-state index is 0.431. The lowest BCUT2D eigenvalue weighted by molar-refractivity contribution is 0.135. The topological polar surface area (TPSA) is 21.3 Å². The van der Waals surface area contributed by atoms with Crippen LogP contribution in [-0.2, 0) is 6.42 Å². The second-order valence-electron chi connectivity index (χ2n) is 6.64. The van der Waals surface area contributed by atoms with Crippen molar-refractivity contribution in [2.75, 3.05) is 6.54 Å². The van der Waals surface area contributed by atoms with Crippen LogP contribution in [0.1, 0.15) is 58.4 Å². The Labute approximate surface area is 130 Å². The van der Waals surface area contributed by atoms with Gasteiger partial charge in [-0.2, -0.15) is 0 Å². The molecule has 0 amide bonds. The average Bonchev–Trinajstić information content (AvgIpc) is 2.49. The van der Waals surface area contributed by atoms with E-state index in [0.29, 0.717) is 12.1 Å². The van der Waals surface area contributed by atoms with Crippen LogP contribution in [0.25, 0.3) is 0 Å². The van der Waals surface area contributed by atoms with Crippen LogP contribution < -0.4 is 10.1 Å². The average molecular weight is 289 g/mol. The van der Waals surface area contributed by atoms with Gasteiger partial charge in [-0.25, -0.2) is 0 Å². The molecular formula is C19H31NO. The first-order valence-corrected chi connectivity index (χ1v) is 8.66. The molecule has 1 fully saturated rings. The van der Waals surface area contributed by atoms with Crippen molar-refractivity contribution >= 4 is 0 Å². The third kappa shape index (κ3) is 5.70. The van der Waals surface area contributed by atoms with Crippen LogP contribution in [0.5, 0.6) is 5.75 Å². The molecule has 0 aliphatic heterocycles. The molecule has 1 aliphatic rings. The Morgan fingerprint density at radius 1 is 1.14 bits per heavy atom. The molecule has 0 spiro atoms. The maximum absolute atomic E-state index is 6.11. The number of ether oxygens (including phenoxy) is 1. The van der Waals surface area contributed by atoms with E-state index in [-0.39, 0.29) is 0 Å². The van der Waals surface area contributed by atoms with Gasteiger partial charge >= 0.3 is 0 Å². The van der Waals surface area contributed by atoms with Gasteiger partial charge in [-0.1, -0.05) is 26.0 Å². The van der Waals surface area contributed by atoms with Gasteiger partial charge in [0.2, 0.25) is 0 Å². The first-order chi connectivity index (χ1) is 10.2. The number of aryl methyl sites for hydroxylation is 1. The van der Waals surface area contributed by atoms with Crippen LogP contribution in [0.15, 0.2) is 24.3 Å². The molecule has 0 radical (unpaired) electrons. The van der Waals surface area contributed by atoms with Crippen molar-refractivity contribution in [3.63, 3.8) is 0 Å². The third-order valence-electron chi connectivity index (χ3n) is 4.61. The maximum Gasteiger partial charge on any atom is 0.119 e. The summed E-state index contributed by atoms with van der Waals surface area (Å²) in [6.45, 7) is 7.81. The highest BCUT2D eigenvalue weighted by Gasteiger charge is 2.19. The van der Waals surface area contributed by atoms with Gasteiger partial charge in [0.15, 0.2) is 0 Å². The zero-order chi connectivity index (χ0) is 15.1. The minimum Gasteiger partial charge on any atom is -0.490 e. The highest BCUT2D eigenvalue weighted by molar-refractivity contribution is 5.27. The number of hydrogen-bond acceptors (Lipinski definition) is 2. The van der Waals surface area contributed by atoms with Gasteiger partial charge in [0.05, 0.1) is 6.10 Å². The smallest absolute Gasteiger partial charge is 0.119 e. The van der Waals surface area contributed by atoms with Gasteiger partial charge in [-0.3, -0.25) is 0 Å². The molecule has 1 aliphatic carbocycles. The van der Waals surface area contributed by atoms with E-state index < -0.39 is 0 Å².